The molecule has 1 unspecified atom stereocenters. The summed E-state index contributed by atoms with van der Waals surface area (Å²) < 4.78 is 10.7. The summed E-state index contributed by atoms with van der Waals surface area (Å²) in [5.74, 6) is 0. The maximum absolute atomic E-state index is 9.80. The van der Waals surface area contributed by atoms with Crippen LogP contribution in [-0.2, 0) is 9.47 Å². The van der Waals surface area contributed by atoms with Crippen molar-refractivity contribution >= 4 is 0 Å². The van der Waals surface area contributed by atoms with Crippen molar-refractivity contribution < 1.29 is 14.6 Å². The van der Waals surface area contributed by atoms with Crippen LogP contribution in [0.4, 0.5) is 0 Å². The van der Waals surface area contributed by atoms with Crippen LogP contribution in [-0.4, -0.2) is 31.5 Å². The van der Waals surface area contributed by atoms with Gasteiger partial charge in [0, 0.05) is 6.61 Å². The van der Waals surface area contributed by atoms with Crippen LogP contribution in [0.15, 0.2) is 30.3 Å². The summed E-state index contributed by atoms with van der Waals surface area (Å²) in [6.45, 7) is 4.38. The fourth-order valence-corrected chi connectivity index (χ4v) is 1.43. The van der Waals surface area contributed by atoms with E-state index in [1.54, 1.807) is 0 Å². The van der Waals surface area contributed by atoms with E-state index in [9.17, 15) is 5.11 Å². The van der Waals surface area contributed by atoms with Gasteiger partial charge in [-0.2, -0.15) is 0 Å². The van der Waals surface area contributed by atoms with Crippen LogP contribution in [0.5, 0.6) is 0 Å². The Morgan fingerprint density at radius 3 is 2.47 bits per heavy atom. The first kappa shape index (κ1) is 14.2. The molecule has 96 valence electrons. The van der Waals surface area contributed by atoms with E-state index < -0.39 is 6.10 Å². The second kappa shape index (κ2) is 9.16. The molecule has 0 aliphatic heterocycles. The molecule has 3 heteroatoms. The third kappa shape index (κ3) is 6.41. The smallest absolute Gasteiger partial charge is 0.102 e. The summed E-state index contributed by atoms with van der Waals surface area (Å²) in [4.78, 5) is 0. The molecule has 1 rings (SSSR count). The lowest BCUT2D eigenvalue weighted by molar-refractivity contribution is 0.00275. The highest BCUT2D eigenvalue weighted by Crippen LogP contribution is 2.11. The van der Waals surface area contributed by atoms with Crippen LogP contribution in [0.1, 0.15) is 31.4 Å². The molecule has 0 saturated heterocycles. The number of aliphatic hydroxyl groups is 1. The number of rotatable bonds is 9. The Balaban J connectivity index is 2.03. The fourth-order valence-electron chi connectivity index (χ4n) is 1.43. The van der Waals surface area contributed by atoms with E-state index in [2.05, 4.69) is 6.92 Å². The normalized spacial score (nSPS) is 12.6. The third-order valence-corrected chi connectivity index (χ3v) is 2.47. The Kier molecular flexibility index (Phi) is 7.63. The molecule has 1 aromatic rings. The van der Waals surface area contributed by atoms with Crippen LogP contribution in [0.25, 0.3) is 0 Å². The second-order valence-electron chi connectivity index (χ2n) is 3.97. The van der Waals surface area contributed by atoms with E-state index in [0.717, 1.165) is 25.0 Å². The molecule has 0 aliphatic rings. The molecule has 0 saturated carbocycles. The zero-order valence-corrected chi connectivity index (χ0v) is 10.5. The zero-order valence-electron chi connectivity index (χ0n) is 10.5. The van der Waals surface area contributed by atoms with Gasteiger partial charge in [0.15, 0.2) is 0 Å². The van der Waals surface area contributed by atoms with E-state index in [1.165, 1.54) is 0 Å². The molecule has 0 aromatic heterocycles. The van der Waals surface area contributed by atoms with Crippen molar-refractivity contribution in [2.75, 3.05) is 26.4 Å². The predicted molar refractivity (Wildman–Crippen MR) is 67.9 cm³/mol. The van der Waals surface area contributed by atoms with Crippen LogP contribution >= 0.6 is 0 Å². The van der Waals surface area contributed by atoms with E-state index in [0.29, 0.717) is 19.8 Å². The number of ether oxygens (including phenoxy) is 2. The maximum atomic E-state index is 9.80. The van der Waals surface area contributed by atoms with Crippen molar-refractivity contribution in [3.05, 3.63) is 35.9 Å². The Morgan fingerprint density at radius 1 is 1.06 bits per heavy atom. The van der Waals surface area contributed by atoms with E-state index in [1.807, 2.05) is 30.3 Å². The summed E-state index contributed by atoms with van der Waals surface area (Å²) in [6, 6.07) is 9.54. The van der Waals surface area contributed by atoms with E-state index >= 15 is 0 Å². The molecular formula is C14H22O3. The van der Waals surface area contributed by atoms with Crippen molar-refractivity contribution in [2.24, 2.45) is 0 Å². The Hall–Kier alpha value is -0.900. The molecule has 0 radical (unpaired) electrons. The third-order valence-electron chi connectivity index (χ3n) is 2.47. The summed E-state index contributed by atoms with van der Waals surface area (Å²) >= 11 is 0. The average molecular weight is 238 g/mol. The van der Waals surface area contributed by atoms with Gasteiger partial charge in [0.2, 0.25) is 0 Å². The van der Waals surface area contributed by atoms with Gasteiger partial charge in [-0.05, 0) is 12.0 Å². The number of hydrogen-bond donors (Lipinski definition) is 1. The van der Waals surface area contributed by atoms with Gasteiger partial charge < -0.3 is 14.6 Å². The quantitative estimate of drug-likeness (QED) is 0.672. The summed E-state index contributed by atoms with van der Waals surface area (Å²) in [5, 5.41) is 9.80. The van der Waals surface area contributed by atoms with Crippen molar-refractivity contribution in [1.29, 1.82) is 0 Å². The molecule has 0 heterocycles. The van der Waals surface area contributed by atoms with Crippen molar-refractivity contribution in [3.63, 3.8) is 0 Å². The minimum atomic E-state index is -0.549. The van der Waals surface area contributed by atoms with Crippen LogP contribution in [0, 0.1) is 0 Å². The maximum Gasteiger partial charge on any atom is 0.102 e. The van der Waals surface area contributed by atoms with Gasteiger partial charge >= 0.3 is 0 Å². The molecule has 0 spiro atoms. The average Bonchev–Trinajstić information content (AvgIpc) is 2.38. The Bertz CT molecular complexity index is 274. The first-order chi connectivity index (χ1) is 8.34. The van der Waals surface area contributed by atoms with Gasteiger partial charge in [-0.1, -0.05) is 43.7 Å². The van der Waals surface area contributed by atoms with Gasteiger partial charge in [-0.25, -0.2) is 0 Å². The monoisotopic (exact) mass is 238 g/mol. The topological polar surface area (TPSA) is 38.7 Å². The molecule has 17 heavy (non-hydrogen) atoms. The number of hydrogen-bond acceptors (Lipinski definition) is 3. The predicted octanol–water partition coefficient (Wildman–Crippen LogP) is 2.55. The zero-order chi connectivity index (χ0) is 12.3. The Labute approximate surface area is 103 Å². The molecule has 3 nitrogen and oxygen atoms in total. The molecule has 0 aliphatic carbocycles. The largest absolute Gasteiger partial charge is 0.386 e. The van der Waals surface area contributed by atoms with E-state index in [4.69, 9.17) is 9.47 Å². The highest BCUT2D eigenvalue weighted by atomic mass is 16.5. The minimum absolute atomic E-state index is 0.321. The minimum Gasteiger partial charge on any atom is -0.386 e. The van der Waals surface area contributed by atoms with Gasteiger partial charge in [-0.3, -0.25) is 0 Å². The SMILES string of the molecule is CCCCOCCOCC(O)c1ccccc1. The number of unbranched alkanes of at least 4 members (excludes halogenated alkanes) is 1. The molecular weight excluding hydrogens is 216 g/mol. The first-order valence-electron chi connectivity index (χ1n) is 6.23. The highest BCUT2D eigenvalue weighted by molar-refractivity contribution is 5.17. The van der Waals surface area contributed by atoms with Crippen molar-refractivity contribution in [1.82, 2.24) is 0 Å². The molecule has 0 bridgehead atoms. The molecule has 0 amide bonds. The molecule has 1 N–H and O–H groups in total. The van der Waals surface area contributed by atoms with Gasteiger partial charge in [0.1, 0.15) is 6.10 Å². The highest BCUT2D eigenvalue weighted by Gasteiger charge is 2.05. The van der Waals surface area contributed by atoms with Crippen molar-refractivity contribution in [2.45, 2.75) is 25.9 Å². The van der Waals surface area contributed by atoms with Gasteiger partial charge in [0.25, 0.3) is 0 Å². The summed E-state index contributed by atoms with van der Waals surface area (Å²) in [7, 11) is 0. The molecule has 1 aromatic carbocycles. The molecule has 0 fully saturated rings. The fraction of sp³-hybridized carbons (Fsp3) is 0.571. The standard InChI is InChI=1S/C14H22O3/c1-2-3-9-16-10-11-17-12-14(15)13-7-5-4-6-8-13/h4-8,14-15H,2-3,9-12H2,1H3. The second-order valence-corrected chi connectivity index (χ2v) is 3.97. The van der Waals surface area contributed by atoms with Gasteiger partial charge in [0.05, 0.1) is 19.8 Å². The first-order valence-corrected chi connectivity index (χ1v) is 6.23. The molecule has 1 atom stereocenters. The number of aliphatic hydroxyl groups excluding tert-OH is 1. The Morgan fingerprint density at radius 2 is 1.76 bits per heavy atom. The van der Waals surface area contributed by atoms with Crippen LogP contribution in [0.2, 0.25) is 0 Å². The number of benzene rings is 1. The summed E-state index contributed by atoms with van der Waals surface area (Å²) in [5.41, 5.74) is 0.888. The van der Waals surface area contributed by atoms with Crippen LogP contribution < -0.4 is 0 Å². The van der Waals surface area contributed by atoms with Gasteiger partial charge in [-0.15, -0.1) is 0 Å². The van der Waals surface area contributed by atoms with Crippen LogP contribution in [0.3, 0.4) is 0 Å². The lowest BCUT2D eigenvalue weighted by atomic mass is 10.1. The van der Waals surface area contributed by atoms with E-state index in [-0.39, 0.29) is 0 Å². The van der Waals surface area contributed by atoms with Crippen molar-refractivity contribution in [3.8, 4) is 0 Å². The lowest BCUT2D eigenvalue weighted by Crippen LogP contribution is -2.11. The summed E-state index contributed by atoms with van der Waals surface area (Å²) in [6.07, 6.45) is 1.69. The lowest BCUT2D eigenvalue weighted by Gasteiger charge is -2.11.